The molecule has 3 aromatic rings. The number of halogens is 1. The first-order valence-electron chi connectivity index (χ1n) is 8.90. The average Bonchev–Trinajstić information content (AvgIpc) is 2.64. The third-order valence-electron chi connectivity index (χ3n) is 4.90. The largest absolute Gasteiger partial charge is 0.366 e. The second-order valence-electron chi connectivity index (χ2n) is 6.69. The molecule has 0 bridgehead atoms. The number of benzene rings is 2. The minimum Gasteiger partial charge on any atom is -0.366 e. The Hall–Kier alpha value is -3.06. The molecule has 1 fully saturated rings. The summed E-state index contributed by atoms with van der Waals surface area (Å²) < 4.78 is 13.4. The number of nitrogens with one attached hydrogen (secondary N) is 1. The first-order chi connectivity index (χ1) is 13.1. The fourth-order valence-electron chi connectivity index (χ4n) is 3.32. The molecule has 6 nitrogen and oxygen atoms in total. The number of carbonyl (C=O) groups excluding carboxylic acids is 1. The summed E-state index contributed by atoms with van der Waals surface area (Å²) >= 11 is 0. The van der Waals surface area contributed by atoms with Gasteiger partial charge in [-0.15, -0.1) is 0 Å². The molecule has 1 aliphatic heterocycles. The number of carbonyl (C=O) groups is 1. The van der Waals surface area contributed by atoms with Crippen LogP contribution in [0.4, 0.5) is 10.2 Å². The third kappa shape index (κ3) is 3.59. The maximum atomic E-state index is 13.4. The molecular formula is C20H20FN5O. The Labute approximate surface area is 156 Å². The number of nitrogens with zero attached hydrogens (tertiary/aromatic N) is 3. The average molecular weight is 365 g/mol. The van der Waals surface area contributed by atoms with Gasteiger partial charge in [0.15, 0.2) is 0 Å². The number of hydrogen-bond donors (Lipinski definition) is 2. The maximum Gasteiger partial charge on any atom is 0.250 e. The lowest BCUT2D eigenvalue weighted by atomic mass is 10.0. The van der Waals surface area contributed by atoms with Crippen LogP contribution in [0, 0.1) is 5.82 Å². The van der Waals surface area contributed by atoms with Crippen LogP contribution in [-0.4, -0.2) is 40.4 Å². The number of fused-ring (bicyclic) bond motifs is 1. The molecule has 0 spiro atoms. The number of nitrogens with two attached hydrogens (primary N) is 1. The van der Waals surface area contributed by atoms with Gasteiger partial charge in [0.2, 0.25) is 0 Å². The smallest absolute Gasteiger partial charge is 0.250 e. The van der Waals surface area contributed by atoms with Crippen molar-refractivity contribution in [1.82, 2.24) is 14.9 Å². The molecule has 2 aromatic carbocycles. The Kier molecular flexibility index (Phi) is 4.68. The fourth-order valence-corrected chi connectivity index (χ4v) is 3.32. The summed E-state index contributed by atoms with van der Waals surface area (Å²) in [4.78, 5) is 22.6. The molecule has 4 rings (SSSR count). The standard InChI is InChI=1S/C20H20FN5O/c21-14-7-5-13(6-8-14)17(11-26-9-2-10-26)25-20-16-4-1-3-15(19(22)27)18(16)23-12-24-20/h1,3-8,12,17H,2,9-11H2,(H2,22,27)(H,23,24,25)/t17-/m1/s1. The van der Waals surface area contributed by atoms with Gasteiger partial charge in [0.1, 0.15) is 18.0 Å². The molecule has 3 N–H and O–H groups in total. The molecular weight excluding hydrogens is 345 g/mol. The lowest BCUT2D eigenvalue weighted by Crippen LogP contribution is -2.41. The van der Waals surface area contributed by atoms with Crippen molar-refractivity contribution >= 4 is 22.6 Å². The Morgan fingerprint density at radius 2 is 1.96 bits per heavy atom. The van der Waals surface area contributed by atoms with Gasteiger partial charge in [-0.2, -0.15) is 0 Å². The van der Waals surface area contributed by atoms with E-state index in [0.717, 1.165) is 30.6 Å². The minimum atomic E-state index is -0.527. The number of para-hydroxylation sites is 1. The molecule has 1 atom stereocenters. The van der Waals surface area contributed by atoms with Crippen LogP contribution in [0.2, 0.25) is 0 Å². The van der Waals surface area contributed by atoms with Gasteiger partial charge in [0.25, 0.3) is 5.91 Å². The van der Waals surface area contributed by atoms with E-state index < -0.39 is 5.91 Å². The van der Waals surface area contributed by atoms with Crippen molar-refractivity contribution in [2.45, 2.75) is 12.5 Å². The molecule has 1 saturated heterocycles. The predicted octanol–water partition coefficient (Wildman–Crippen LogP) is 2.73. The lowest BCUT2D eigenvalue weighted by Gasteiger charge is -2.34. The number of primary amides is 1. The van der Waals surface area contributed by atoms with Crippen LogP contribution in [0.3, 0.4) is 0 Å². The van der Waals surface area contributed by atoms with Gasteiger partial charge >= 0.3 is 0 Å². The zero-order valence-electron chi connectivity index (χ0n) is 14.7. The summed E-state index contributed by atoms with van der Waals surface area (Å²) in [5, 5.41) is 4.18. The summed E-state index contributed by atoms with van der Waals surface area (Å²) in [6, 6.07) is 11.7. The van der Waals surface area contributed by atoms with E-state index in [9.17, 15) is 9.18 Å². The van der Waals surface area contributed by atoms with E-state index in [4.69, 9.17) is 5.73 Å². The summed E-state index contributed by atoms with van der Waals surface area (Å²) in [5.74, 6) is -0.168. The maximum absolute atomic E-state index is 13.4. The topological polar surface area (TPSA) is 84.1 Å². The zero-order chi connectivity index (χ0) is 18.8. The van der Waals surface area contributed by atoms with Crippen LogP contribution in [0.15, 0.2) is 48.8 Å². The minimum absolute atomic E-state index is 0.0683. The number of aromatic nitrogens is 2. The quantitative estimate of drug-likeness (QED) is 0.702. The Morgan fingerprint density at radius 1 is 1.19 bits per heavy atom. The van der Waals surface area contributed by atoms with Crippen molar-refractivity contribution < 1.29 is 9.18 Å². The first kappa shape index (κ1) is 17.4. The monoisotopic (exact) mass is 365 g/mol. The van der Waals surface area contributed by atoms with Crippen molar-refractivity contribution in [3.63, 3.8) is 0 Å². The predicted molar refractivity (Wildman–Crippen MR) is 102 cm³/mol. The second kappa shape index (κ2) is 7.28. The molecule has 7 heteroatoms. The number of hydrogen-bond acceptors (Lipinski definition) is 5. The van der Waals surface area contributed by atoms with Gasteiger partial charge in [-0.1, -0.05) is 18.2 Å². The Morgan fingerprint density at radius 3 is 2.63 bits per heavy atom. The molecule has 2 heterocycles. The summed E-state index contributed by atoms with van der Waals surface area (Å²) in [6.45, 7) is 2.89. The van der Waals surface area contributed by atoms with Crippen LogP contribution < -0.4 is 11.1 Å². The van der Waals surface area contributed by atoms with Gasteiger partial charge in [-0.05, 0) is 49.3 Å². The van der Waals surface area contributed by atoms with Crippen molar-refractivity contribution in [1.29, 1.82) is 0 Å². The molecule has 0 aliphatic carbocycles. The van der Waals surface area contributed by atoms with Crippen LogP contribution in [0.1, 0.15) is 28.4 Å². The summed E-state index contributed by atoms with van der Waals surface area (Å²) in [6.07, 6.45) is 2.61. The lowest BCUT2D eigenvalue weighted by molar-refractivity contribution is 0.100. The van der Waals surface area contributed by atoms with E-state index in [1.54, 1.807) is 24.3 Å². The number of rotatable bonds is 6. The van der Waals surface area contributed by atoms with Crippen LogP contribution >= 0.6 is 0 Å². The van der Waals surface area contributed by atoms with Gasteiger partial charge in [-0.25, -0.2) is 14.4 Å². The Bertz CT molecular complexity index is 972. The van der Waals surface area contributed by atoms with E-state index >= 15 is 0 Å². The van der Waals surface area contributed by atoms with Gasteiger partial charge in [-0.3, -0.25) is 4.79 Å². The number of likely N-dealkylation sites (tertiary alicyclic amines) is 1. The molecule has 1 aliphatic rings. The summed E-state index contributed by atoms with van der Waals surface area (Å²) in [5.41, 5.74) is 7.32. The molecule has 1 amide bonds. The fraction of sp³-hybridized carbons (Fsp3) is 0.250. The highest BCUT2D eigenvalue weighted by Gasteiger charge is 2.22. The van der Waals surface area contributed by atoms with Crippen molar-refractivity contribution in [3.05, 3.63) is 65.7 Å². The van der Waals surface area contributed by atoms with Crippen LogP contribution in [0.25, 0.3) is 10.9 Å². The highest BCUT2D eigenvalue weighted by Crippen LogP contribution is 2.27. The molecule has 0 saturated carbocycles. The van der Waals surface area contributed by atoms with E-state index in [-0.39, 0.29) is 11.9 Å². The zero-order valence-corrected chi connectivity index (χ0v) is 14.7. The van der Waals surface area contributed by atoms with Crippen molar-refractivity contribution in [3.8, 4) is 0 Å². The van der Waals surface area contributed by atoms with Gasteiger partial charge in [0.05, 0.1) is 17.1 Å². The molecule has 27 heavy (non-hydrogen) atoms. The normalized spacial score (nSPS) is 15.3. The second-order valence-corrected chi connectivity index (χ2v) is 6.69. The van der Waals surface area contributed by atoms with Crippen LogP contribution in [-0.2, 0) is 0 Å². The van der Waals surface area contributed by atoms with Crippen LogP contribution in [0.5, 0.6) is 0 Å². The highest BCUT2D eigenvalue weighted by molar-refractivity contribution is 6.06. The molecule has 1 aromatic heterocycles. The van der Waals surface area contributed by atoms with Gasteiger partial charge < -0.3 is 16.0 Å². The third-order valence-corrected chi connectivity index (χ3v) is 4.90. The Balaban J connectivity index is 1.71. The molecule has 0 radical (unpaired) electrons. The van der Waals surface area contributed by atoms with E-state index in [0.29, 0.717) is 16.9 Å². The van der Waals surface area contributed by atoms with Crippen molar-refractivity contribution in [2.75, 3.05) is 25.0 Å². The summed E-state index contributed by atoms with van der Waals surface area (Å²) in [7, 11) is 0. The molecule has 138 valence electrons. The van der Waals surface area contributed by atoms with E-state index in [1.807, 2.05) is 6.07 Å². The molecule has 0 unspecified atom stereocenters. The van der Waals surface area contributed by atoms with Crippen molar-refractivity contribution in [2.24, 2.45) is 5.73 Å². The SMILES string of the molecule is NC(=O)c1cccc2c(N[C@H](CN3CCC3)c3ccc(F)cc3)ncnc12. The highest BCUT2D eigenvalue weighted by atomic mass is 19.1. The first-order valence-corrected chi connectivity index (χ1v) is 8.90. The number of amides is 1. The van der Waals surface area contributed by atoms with Gasteiger partial charge in [0, 0.05) is 11.9 Å². The van der Waals surface area contributed by atoms with E-state index in [2.05, 4.69) is 20.2 Å². The number of anilines is 1. The van der Waals surface area contributed by atoms with E-state index in [1.165, 1.54) is 24.9 Å².